The lowest BCUT2D eigenvalue weighted by atomic mass is 10.2. The van der Waals surface area contributed by atoms with Crippen molar-refractivity contribution in [3.63, 3.8) is 0 Å². The Bertz CT molecular complexity index is 455. The topological polar surface area (TPSA) is 31.4 Å². The van der Waals surface area contributed by atoms with Crippen LogP contribution in [-0.4, -0.2) is 18.5 Å². The van der Waals surface area contributed by atoms with Crippen LogP contribution in [0.1, 0.15) is 11.3 Å². The Hall–Kier alpha value is -1.74. The zero-order valence-electron chi connectivity index (χ0n) is 9.19. The van der Waals surface area contributed by atoms with Crippen LogP contribution < -0.4 is 9.47 Å². The van der Waals surface area contributed by atoms with Crippen molar-refractivity contribution < 1.29 is 40.2 Å². The highest BCUT2D eigenvalue weighted by Gasteiger charge is 2.41. The van der Waals surface area contributed by atoms with Crippen molar-refractivity contribution in [3.05, 3.63) is 17.3 Å². The van der Waals surface area contributed by atoms with Gasteiger partial charge in [0.15, 0.2) is 0 Å². The van der Waals surface area contributed by atoms with Gasteiger partial charge in [-0.3, -0.25) is 0 Å². The molecule has 0 amide bonds. The third-order valence-corrected chi connectivity index (χ3v) is 1.89. The van der Waals surface area contributed by atoms with Crippen molar-refractivity contribution in [2.45, 2.75) is 19.2 Å². The van der Waals surface area contributed by atoms with E-state index in [4.69, 9.17) is 0 Å². The molecule has 10 heteroatoms. The van der Waals surface area contributed by atoms with Crippen LogP contribution in [0.5, 0.6) is 11.6 Å². The first kappa shape index (κ1) is 15.3. The second-order valence-corrected chi connectivity index (χ2v) is 3.17. The number of pyridine rings is 1. The van der Waals surface area contributed by atoms with E-state index < -0.39 is 42.1 Å². The van der Waals surface area contributed by atoms with Crippen LogP contribution >= 0.6 is 0 Å². The largest absolute Gasteiger partial charge is 0.574 e. The first-order valence-corrected chi connectivity index (χ1v) is 4.55. The fourth-order valence-corrected chi connectivity index (χ4v) is 1.18. The number of alkyl halides is 7. The van der Waals surface area contributed by atoms with Gasteiger partial charge in [0.05, 0.1) is 7.11 Å². The van der Waals surface area contributed by atoms with Crippen LogP contribution in [-0.2, 0) is 12.9 Å². The van der Waals surface area contributed by atoms with E-state index in [0.29, 0.717) is 0 Å². The number of methoxy groups -OCH3 is 1. The minimum atomic E-state index is -5.38. The summed E-state index contributed by atoms with van der Waals surface area (Å²) >= 11 is 0. The first-order chi connectivity index (χ1) is 8.58. The molecule has 0 bridgehead atoms. The average molecular weight is 293 g/mol. The van der Waals surface area contributed by atoms with E-state index >= 15 is 0 Å². The minimum Gasteiger partial charge on any atom is -0.495 e. The standard InChI is InChI=1S/C9H6F7NO2/c1-18-6-2-4(8(11,12)13)7(17-5(6)3-10)19-9(14,15)16/h2H,3H2,1H3. The summed E-state index contributed by atoms with van der Waals surface area (Å²) < 4.78 is 93.6. The molecule has 0 atom stereocenters. The number of hydrogen-bond donors (Lipinski definition) is 0. The molecular formula is C9H6F7NO2. The number of rotatable bonds is 3. The molecule has 19 heavy (non-hydrogen) atoms. The zero-order chi connectivity index (χ0) is 14.8. The normalized spacial score (nSPS) is 12.4. The van der Waals surface area contributed by atoms with E-state index in [1.165, 1.54) is 0 Å². The Morgan fingerprint density at radius 3 is 2.11 bits per heavy atom. The molecule has 0 spiro atoms. The Kier molecular flexibility index (Phi) is 4.11. The summed E-state index contributed by atoms with van der Waals surface area (Å²) in [4.78, 5) is 2.85. The van der Waals surface area contributed by atoms with E-state index in [2.05, 4.69) is 14.5 Å². The fraction of sp³-hybridized carbons (Fsp3) is 0.444. The van der Waals surface area contributed by atoms with Crippen molar-refractivity contribution in [1.82, 2.24) is 4.98 Å². The molecule has 0 aliphatic heterocycles. The smallest absolute Gasteiger partial charge is 0.495 e. The highest BCUT2D eigenvalue weighted by molar-refractivity contribution is 5.40. The quantitative estimate of drug-likeness (QED) is 0.800. The van der Waals surface area contributed by atoms with Crippen molar-refractivity contribution >= 4 is 0 Å². The first-order valence-electron chi connectivity index (χ1n) is 4.55. The summed E-state index contributed by atoms with van der Waals surface area (Å²) in [7, 11) is 0.931. The molecule has 0 aliphatic carbocycles. The molecule has 1 aromatic heterocycles. The molecule has 0 saturated carbocycles. The molecule has 3 nitrogen and oxygen atoms in total. The van der Waals surface area contributed by atoms with Gasteiger partial charge < -0.3 is 9.47 Å². The predicted molar refractivity (Wildman–Crippen MR) is 47.3 cm³/mol. The van der Waals surface area contributed by atoms with Gasteiger partial charge in [0.2, 0.25) is 5.88 Å². The van der Waals surface area contributed by atoms with E-state index in [1.807, 2.05) is 0 Å². The molecule has 0 aromatic carbocycles. The summed E-state index contributed by atoms with van der Waals surface area (Å²) in [5, 5.41) is 0. The highest BCUT2D eigenvalue weighted by atomic mass is 19.4. The van der Waals surface area contributed by atoms with Gasteiger partial charge in [0, 0.05) is 0 Å². The summed E-state index contributed by atoms with van der Waals surface area (Å²) in [5.41, 5.74) is -2.53. The van der Waals surface area contributed by atoms with Gasteiger partial charge >= 0.3 is 12.5 Å². The molecule has 1 heterocycles. The Morgan fingerprint density at radius 2 is 1.74 bits per heavy atom. The molecule has 1 aromatic rings. The molecule has 1 rings (SSSR count). The second kappa shape index (κ2) is 5.10. The van der Waals surface area contributed by atoms with Gasteiger partial charge in [0.25, 0.3) is 0 Å². The van der Waals surface area contributed by atoms with Gasteiger partial charge in [-0.25, -0.2) is 9.37 Å². The van der Waals surface area contributed by atoms with Crippen LogP contribution in [0.15, 0.2) is 6.07 Å². The second-order valence-electron chi connectivity index (χ2n) is 3.17. The molecule has 0 aliphatic rings. The molecule has 0 saturated heterocycles. The molecule has 0 fully saturated rings. The molecule has 108 valence electrons. The molecule has 0 N–H and O–H groups in total. The van der Waals surface area contributed by atoms with Crippen LogP contribution in [0.3, 0.4) is 0 Å². The van der Waals surface area contributed by atoms with Crippen molar-refractivity contribution in [2.24, 2.45) is 0 Å². The Balaban J connectivity index is 3.41. The van der Waals surface area contributed by atoms with E-state index in [0.717, 1.165) is 7.11 Å². The SMILES string of the molecule is COc1cc(C(F)(F)F)c(OC(F)(F)F)nc1CF. The van der Waals surface area contributed by atoms with Crippen molar-refractivity contribution in [2.75, 3.05) is 7.11 Å². The molecular weight excluding hydrogens is 287 g/mol. The summed E-state index contributed by atoms with van der Waals surface area (Å²) in [6.45, 7) is -1.41. The number of nitrogens with zero attached hydrogens (tertiary/aromatic N) is 1. The van der Waals surface area contributed by atoms with Crippen LogP contribution in [0, 0.1) is 0 Å². The van der Waals surface area contributed by atoms with Gasteiger partial charge in [-0.2, -0.15) is 13.2 Å². The minimum absolute atomic E-state index is 0.197. The lowest BCUT2D eigenvalue weighted by molar-refractivity contribution is -0.278. The Morgan fingerprint density at radius 1 is 1.16 bits per heavy atom. The van der Waals surface area contributed by atoms with Gasteiger partial charge in [-0.15, -0.1) is 13.2 Å². The monoisotopic (exact) mass is 293 g/mol. The molecule has 0 radical (unpaired) electrons. The summed E-state index contributed by atoms with van der Waals surface area (Å²) in [5.74, 6) is -2.39. The number of halogens is 7. The van der Waals surface area contributed by atoms with E-state index in [1.54, 1.807) is 0 Å². The van der Waals surface area contributed by atoms with Gasteiger partial charge in [0.1, 0.15) is 23.7 Å². The number of aromatic nitrogens is 1. The van der Waals surface area contributed by atoms with Gasteiger partial charge in [-0.1, -0.05) is 0 Å². The number of hydrogen-bond acceptors (Lipinski definition) is 3. The lowest BCUT2D eigenvalue weighted by Gasteiger charge is -2.16. The maximum atomic E-state index is 12.5. The van der Waals surface area contributed by atoms with Crippen LogP contribution in [0.2, 0.25) is 0 Å². The highest BCUT2D eigenvalue weighted by Crippen LogP contribution is 2.40. The number of ether oxygens (including phenoxy) is 2. The van der Waals surface area contributed by atoms with E-state index in [9.17, 15) is 30.7 Å². The maximum Gasteiger partial charge on any atom is 0.574 e. The lowest BCUT2D eigenvalue weighted by Crippen LogP contribution is -2.21. The fourth-order valence-electron chi connectivity index (χ4n) is 1.18. The predicted octanol–water partition coefficient (Wildman–Crippen LogP) is 3.48. The third-order valence-electron chi connectivity index (χ3n) is 1.89. The molecule has 0 unspecified atom stereocenters. The van der Waals surface area contributed by atoms with Crippen molar-refractivity contribution in [1.29, 1.82) is 0 Å². The van der Waals surface area contributed by atoms with Gasteiger partial charge in [-0.05, 0) is 6.07 Å². The van der Waals surface area contributed by atoms with Crippen LogP contribution in [0.25, 0.3) is 0 Å². The summed E-state index contributed by atoms with van der Waals surface area (Å²) in [6, 6.07) is 0.197. The maximum absolute atomic E-state index is 12.5. The van der Waals surface area contributed by atoms with Crippen LogP contribution in [0.4, 0.5) is 30.7 Å². The zero-order valence-corrected chi connectivity index (χ0v) is 9.19. The third kappa shape index (κ3) is 3.86. The summed E-state index contributed by atoms with van der Waals surface area (Å²) in [6.07, 6.45) is -10.5. The average Bonchev–Trinajstić information content (AvgIpc) is 2.24. The van der Waals surface area contributed by atoms with E-state index in [-0.39, 0.29) is 6.07 Å². The van der Waals surface area contributed by atoms with Crippen molar-refractivity contribution in [3.8, 4) is 11.6 Å². The Labute approximate surface area is 101 Å².